The number of aliphatic hydroxyl groups is 5. The smallest absolute Gasteiger partial charge is 0.311 e. The van der Waals surface area contributed by atoms with E-state index in [4.69, 9.17) is 33.2 Å². The van der Waals surface area contributed by atoms with Gasteiger partial charge in [0.15, 0.2) is 12.6 Å². The highest BCUT2D eigenvalue weighted by molar-refractivity contribution is 7.89. The van der Waals surface area contributed by atoms with E-state index in [1.54, 1.807) is 97.9 Å². The van der Waals surface area contributed by atoms with Crippen LogP contribution in [0.25, 0.3) is 0 Å². The van der Waals surface area contributed by atoms with Crippen molar-refractivity contribution < 1.29 is 71.9 Å². The minimum absolute atomic E-state index is 0.00763. The van der Waals surface area contributed by atoms with Crippen LogP contribution in [-0.2, 0) is 49.8 Å². The number of rotatable bonds is 16. The van der Waals surface area contributed by atoms with Crippen LogP contribution < -0.4 is 15.4 Å². The Balaban J connectivity index is 1.62. The molecule has 0 bridgehead atoms. The Labute approximate surface area is 428 Å². The zero-order valence-corrected chi connectivity index (χ0v) is 45.6. The third kappa shape index (κ3) is 13.4. The Bertz CT molecular complexity index is 2120. The molecule has 0 radical (unpaired) electrons. The van der Waals surface area contributed by atoms with E-state index >= 15 is 0 Å². The van der Waals surface area contributed by atoms with Crippen LogP contribution in [0.5, 0.6) is 5.75 Å². The molecule has 18 atom stereocenters. The van der Waals surface area contributed by atoms with E-state index in [-0.39, 0.29) is 56.1 Å². The number of methoxy groups -OCH3 is 2. The summed E-state index contributed by atoms with van der Waals surface area (Å²) < 4.78 is 75.1. The Morgan fingerprint density at radius 1 is 0.889 bits per heavy atom. The molecule has 19 heteroatoms. The van der Waals surface area contributed by atoms with Gasteiger partial charge in [-0.3, -0.25) is 4.79 Å². The summed E-state index contributed by atoms with van der Waals surface area (Å²) in [4.78, 5) is 14.7. The van der Waals surface area contributed by atoms with Crippen LogP contribution in [0.2, 0.25) is 0 Å². The first-order chi connectivity index (χ1) is 33.7. The maximum atomic E-state index is 14.7. The van der Waals surface area contributed by atoms with Crippen LogP contribution in [0.1, 0.15) is 114 Å². The maximum absolute atomic E-state index is 14.7. The monoisotopic (exact) mass is 1040 g/mol. The first kappa shape index (κ1) is 60.0. The van der Waals surface area contributed by atoms with Crippen LogP contribution in [0.3, 0.4) is 0 Å². The van der Waals surface area contributed by atoms with Crippen molar-refractivity contribution in [2.75, 3.05) is 33.9 Å². The van der Waals surface area contributed by atoms with Gasteiger partial charge in [0, 0.05) is 38.6 Å². The summed E-state index contributed by atoms with van der Waals surface area (Å²) >= 11 is 0. The minimum Gasteiger partial charge on any atom is -0.497 e. The van der Waals surface area contributed by atoms with Crippen molar-refractivity contribution in [2.45, 2.75) is 210 Å². The summed E-state index contributed by atoms with van der Waals surface area (Å²) in [6, 6.07) is 13.2. The zero-order valence-electron chi connectivity index (χ0n) is 44.8. The molecule has 5 rings (SSSR count). The number of nitrogens with zero attached hydrogens (tertiary/aromatic N) is 1. The normalized spacial score (nSPS) is 40.0. The third-order valence-corrected chi connectivity index (χ3v) is 17.5. The molecule has 0 spiro atoms. The molecule has 7 N–H and O–H groups in total. The van der Waals surface area contributed by atoms with E-state index in [0.29, 0.717) is 17.9 Å². The lowest BCUT2D eigenvalue weighted by Gasteiger charge is -2.53. The molecule has 2 aromatic carbocycles. The number of nitrogens with one attached hydrogen (secondary N) is 2. The first-order valence-electron chi connectivity index (χ1n) is 25.8. The van der Waals surface area contributed by atoms with Gasteiger partial charge < -0.3 is 69.3 Å². The average Bonchev–Trinajstić information content (AvgIpc) is 3.34. The van der Waals surface area contributed by atoms with E-state index in [1.807, 2.05) is 13.8 Å². The summed E-state index contributed by atoms with van der Waals surface area (Å²) in [7, 11) is -1.24. The number of hydrogen-bond acceptors (Lipinski definition) is 17. The lowest BCUT2D eigenvalue weighted by Crippen LogP contribution is -2.70. The van der Waals surface area contributed by atoms with Gasteiger partial charge in [0.1, 0.15) is 40.9 Å². The maximum Gasteiger partial charge on any atom is 0.311 e. The van der Waals surface area contributed by atoms with E-state index in [9.17, 15) is 38.7 Å². The topological polar surface area (TPSA) is 244 Å². The Morgan fingerprint density at radius 2 is 1.54 bits per heavy atom. The minimum atomic E-state index is -4.28. The molecule has 3 heterocycles. The predicted molar refractivity (Wildman–Crippen MR) is 270 cm³/mol. The Hall–Kier alpha value is -2.86. The molecule has 410 valence electrons. The summed E-state index contributed by atoms with van der Waals surface area (Å²) in [5.41, 5.74) is -5.78. The number of cyclic esters (lactones) is 1. The van der Waals surface area contributed by atoms with E-state index in [2.05, 4.69) is 10.6 Å². The zero-order chi connectivity index (χ0) is 53.6. The summed E-state index contributed by atoms with van der Waals surface area (Å²) in [6.07, 6.45) is -9.67. The lowest BCUT2D eigenvalue weighted by molar-refractivity contribution is -0.336. The molecule has 18 nitrogen and oxygen atoms in total. The van der Waals surface area contributed by atoms with Gasteiger partial charge in [0.2, 0.25) is 10.0 Å². The van der Waals surface area contributed by atoms with Crippen molar-refractivity contribution in [3.8, 4) is 5.75 Å². The second-order valence-corrected chi connectivity index (χ2v) is 23.3. The number of hydrogen-bond donors (Lipinski definition) is 7. The quantitative estimate of drug-likeness (QED) is 0.0917. The van der Waals surface area contributed by atoms with E-state index < -0.39 is 118 Å². The molecule has 2 aromatic rings. The number of ether oxygens (including phenoxy) is 7. The summed E-state index contributed by atoms with van der Waals surface area (Å²) in [5, 5.41) is 67.7. The number of carbonyl (C=O) groups is 1. The third-order valence-electron chi connectivity index (χ3n) is 15.6. The van der Waals surface area contributed by atoms with Gasteiger partial charge in [-0.05, 0) is 123 Å². The molecule has 0 aromatic heterocycles. The van der Waals surface area contributed by atoms with Gasteiger partial charge in [0.05, 0.1) is 54.0 Å². The fraction of sp³-hybridized carbons (Fsp3) is 0.755. The van der Waals surface area contributed by atoms with E-state index in [1.165, 1.54) is 37.6 Å². The molecule has 0 amide bonds. The van der Waals surface area contributed by atoms with E-state index in [0.717, 1.165) is 6.42 Å². The number of sulfonamides is 1. The lowest BCUT2D eigenvalue weighted by atomic mass is 9.75. The van der Waals surface area contributed by atoms with Gasteiger partial charge in [-0.25, -0.2) is 8.42 Å². The number of carbonyl (C=O) groups excluding carboxylic acids is 1. The molecule has 3 fully saturated rings. The fourth-order valence-electron chi connectivity index (χ4n) is 11.0. The summed E-state index contributed by atoms with van der Waals surface area (Å²) in [5.74, 6) is -2.63. The number of aliphatic hydroxyl groups excluding tert-OH is 2. The average molecular weight is 1040 g/mol. The molecule has 4 unspecified atom stereocenters. The van der Waals surface area contributed by atoms with Crippen molar-refractivity contribution in [1.82, 2.24) is 14.9 Å². The number of esters is 1. The highest BCUT2D eigenvalue weighted by Gasteiger charge is 2.58. The molecule has 0 aliphatic carbocycles. The van der Waals surface area contributed by atoms with Gasteiger partial charge in [-0.15, -0.1) is 0 Å². The van der Waals surface area contributed by atoms with Crippen molar-refractivity contribution in [3.05, 3.63) is 60.2 Å². The Morgan fingerprint density at radius 3 is 2.14 bits per heavy atom. The number of benzene rings is 2. The molecular formula is C53H87N3O15S. The molecule has 0 saturated carbocycles. The fourth-order valence-corrected chi connectivity index (χ4v) is 12.7. The standard InChI is InChI=1S/C53H87N3O15S/c1-14-25-54-31-53(62)37(8)68-43(28-51(53,10)66-13)70-45-34(5)47(50(9,60)27-32(3)29-55-36(7)46(58)52(11,61)42(15-2)69-48(59)35(45)6)71-49-44(57)41(26-33(4)67-49)56(30-38-21-23-39(65-12)24-22-38)72(63,64)40-19-17-16-18-20-40/h16-24,32-37,41-47,49,54-55,57-58,60-62H,14-15,25-31H2,1-13H3/t32-,33?,34+,35-,36-,37+,41?,42-,43+,44?,45+,46-,47-,49?,50-,51-,52-,53+/m1/s1. The SMILES string of the molecule is CCCNC[C@]1(O)[C@H](C)O[C@@H](O[C@H]2[C@H](C)[C@@H](OC3OC(C)CC(N(Cc4ccc(OC)cc4)S(=O)(=O)c4ccccc4)C3O)[C@](C)(O)C[C@@H](C)CN[C@H](C)[C@@H](O)[C@](C)(O)[C@@H](CC)OC(=O)[C@@H]2C)C[C@@]1(C)OC. The van der Waals surface area contributed by atoms with Crippen LogP contribution in [-0.4, -0.2) is 168 Å². The molecular weight excluding hydrogens is 951 g/mol. The van der Waals surface area contributed by atoms with Crippen molar-refractivity contribution in [1.29, 1.82) is 0 Å². The van der Waals surface area contributed by atoms with Gasteiger partial charge in [-0.1, -0.05) is 58.0 Å². The predicted octanol–water partition coefficient (Wildman–Crippen LogP) is 4.27. The molecule has 72 heavy (non-hydrogen) atoms. The van der Waals surface area contributed by atoms with Crippen molar-refractivity contribution in [2.24, 2.45) is 17.8 Å². The molecule has 3 saturated heterocycles. The van der Waals surface area contributed by atoms with Crippen LogP contribution >= 0.6 is 0 Å². The van der Waals surface area contributed by atoms with Crippen molar-refractivity contribution >= 4 is 16.0 Å². The Kier molecular flexibility index (Phi) is 20.7. The van der Waals surface area contributed by atoms with Crippen LogP contribution in [0, 0.1) is 17.8 Å². The van der Waals surface area contributed by atoms with Gasteiger partial charge in [-0.2, -0.15) is 4.31 Å². The van der Waals surface area contributed by atoms with Crippen LogP contribution in [0.4, 0.5) is 0 Å². The molecule has 3 aliphatic heterocycles. The van der Waals surface area contributed by atoms with Gasteiger partial charge >= 0.3 is 5.97 Å². The highest BCUT2D eigenvalue weighted by Crippen LogP contribution is 2.43. The van der Waals surface area contributed by atoms with Gasteiger partial charge in [0.25, 0.3) is 0 Å². The summed E-state index contributed by atoms with van der Waals surface area (Å²) in [6.45, 7) is 20.0. The first-order valence-corrected chi connectivity index (χ1v) is 27.2. The second kappa shape index (κ2) is 24.9. The highest BCUT2D eigenvalue weighted by atomic mass is 32.2. The van der Waals surface area contributed by atoms with Crippen LogP contribution in [0.15, 0.2) is 59.5 Å². The molecule has 3 aliphatic rings. The van der Waals surface area contributed by atoms with Crippen molar-refractivity contribution in [3.63, 3.8) is 0 Å². The second-order valence-electron chi connectivity index (χ2n) is 21.4. The largest absolute Gasteiger partial charge is 0.497 e.